The molecule has 8 nitrogen and oxygen atoms in total. The Hall–Kier alpha value is -1.84. The number of benzene rings is 1. The van der Waals surface area contributed by atoms with E-state index in [2.05, 4.69) is 5.32 Å². The van der Waals surface area contributed by atoms with Crippen LogP contribution in [0.4, 0.5) is 4.79 Å². The fourth-order valence-electron chi connectivity index (χ4n) is 3.55. The van der Waals surface area contributed by atoms with Gasteiger partial charge >= 0.3 is 6.03 Å². The third-order valence-corrected chi connectivity index (χ3v) is 7.18. The van der Waals surface area contributed by atoms with Gasteiger partial charge in [0, 0.05) is 24.2 Å². The Kier molecular flexibility index (Phi) is 5.13. The molecule has 1 spiro atoms. The Balaban J connectivity index is 1.83. The van der Waals surface area contributed by atoms with E-state index < -0.39 is 21.6 Å². The number of imide groups is 1. The van der Waals surface area contributed by atoms with Crippen molar-refractivity contribution in [3.05, 3.63) is 23.2 Å². The monoisotopic (exact) mass is 415 g/mol. The van der Waals surface area contributed by atoms with Gasteiger partial charge < -0.3 is 10.1 Å². The van der Waals surface area contributed by atoms with Crippen molar-refractivity contribution in [3.63, 3.8) is 0 Å². The summed E-state index contributed by atoms with van der Waals surface area (Å²) in [4.78, 5) is 26.1. The largest absolute Gasteiger partial charge is 0.495 e. The number of nitrogens with zero attached hydrogens (tertiary/aromatic N) is 2. The van der Waals surface area contributed by atoms with Crippen LogP contribution in [0.3, 0.4) is 0 Å². The smallest absolute Gasteiger partial charge is 0.325 e. The Labute approximate surface area is 163 Å². The summed E-state index contributed by atoms with van der Waals surface area (Å²) in [5.74, 6) is -0.0872. The van der Waals surface area contributed by atoms with Crippen LogP contribution in [0.5, 0.6) is 5.75 Å². The summed E-state index contributed by atoms with van der Waals surface area (Å²) in [5, 5.41) is 3.05. The van der Waals surface area contributed by atoms with E-state index in [0.717, 1.165) is 0 Å². The van der Waals surface area contributed by atoms with Gasteiger partial charge in [-0.05, 0) is 44.9 Å². The van der Waals surface area contributed by atoms with E-state index in [1.54, 1.807) is 19.9 Å². The summed E-state index contributed by atoms with van der Waals surface area (Å²) in [6.07, 6.45) is 0.422. The van der Waals surface area contributed by atoms with E-state index in [1.807, 2.05) is 0 Å². The molecule has 0 radical (unpaired) electrons. The normalized spacial score (nSPS) is 20.4. The van der Waals surface area contributed by atoms with Crippen LogP contribution >= 0.6 is 11.6 Å². The number of urea groups is 1. The maximum absolute atomic E-state index is 13.0. The van der Waals surface area contributed by atoms with Gasteiger partial charge in [-0.25, -0.2) is 13.2 Å². The highest BCUT2D eigenvalue weighted by Gasteiger charge is 2.54. The Morgan fingerprint density at radius 2 is 1.85 bits per heavy atom. The second-order valence-electron chi connectivity index (χ2n) is 6.98. The van der Waals surface area contributed by atoms with Gasteiger partial charge in [0.1, 0.15) is 16.2 Å². The number of amides is 3. The lowest BCUT2D eigenvalue weighted by Crippen LogP contribution is -2.56. The average molecular weight is 416 g/mol. The number of nitrogens with one attached hydrogen (secondary N) is 1. The van der Waals surface area contributed by atoms with Crippen molar-refractivity contribution >= 4 is 33.6 Å². The molecule has 3 rings (SSSR count). The van der Waals surface area contributed by atoms with Crippen molar-refractivity contribution in [1.29, 1.82) is 0 Å². The van der Waals surface area contributed by atoms with Gasteiger partial charge in [-0.2, -0.15) is 4.31 Å². The molecule has 27 heavy (non-hydrogen) atoms. The van der Waals surface area contributed by atoms with Crippen LogP contribution in [0.2, 0.25) is 5.02 Å². The number of rotatable bonds is 4. The number of sulfonamides is 1. The second kappa shape index (κ2) is 6.96. The van der Waals surface area contributed by atoms with Gasteiger partial charge in [0.25, 0.3) is 5.91 Å². The van der Waals surface area contributed by atoms with E-state index >= 15 is 0 Å². The first-order valence-electron chi connectivity index (χ1n) is 8.62. The third kappa shape index (κ3) is 3.28. The minimum absolute atomic E-state index is 0.0148. The SMILES string of the molecule is COc1ccc(Cl)cc1S(=O)(=O)N1CCC2(CC1)NC(=O)N(C(C)C)C2=O. The minimum Gasteiger partial charge on any atom is -0.495 e. The number of halogens is 1. The molecule has 0 aromatic heterocycles. The number of carbonyl (C=O) groups is 2. The van der Waals surface area contributed by atoms with E-state index in [1.165, 1.54) is 28.4 Å². The molecule has 0 unspecified atom stereocenters. The number of ether oxygens (including phenoxy) is 1. The molecule has 2 fully saturated rings. The summed E-state index contributed by atoms with van der Waals surface area (Å²) in [6.45, 7) is 3.74. The lowest BCUT2D eigenvalue weighted by atomic mass is 9.88. The van der Waals surface area contributed by atoms with E-state index in [9.17, 15) is 18.0 Å². The van der Waals surface area contributed by atoms with Crippen LogP contribution in [0.1, 0.15) is 26.7 Å². The summed E-state index contributed by atoms with van der Waals surface area (Å²) in [7, 11) is -2.46. The predicted octanol–water partition coefficient (Wildman–Crippen LogP) is 1.83. The van der Waals surface area contributed by atoms with Gasteiger partial charge in [-0.15, -0.1) is 0 Å². The quantitative estimate of drug-likeness (QED) is 0.757. The second-order valence-corrected chi connectivity index (χ2v) is 9.32. The molecule has 1 aromatic rings. The first-order chi connectivity index (χ1) is 12.6. The van der Waals surface area contributed by atoms with Crippen molar-refractivity contribution in [1.82, 2.24) is 14.5 Å². The van der Waals surface area contributed by atoms with E-state index in [0.29, 0.717) is 0 Å². The highest BCUT2D eigenvalue weighted by Crippen LogP contribution is 2.35. The molecule has 148 valence electrons. The van der Waals surface area contributed by atoms with E-state index in [-0.39, 0.29) is 53.5 Å². The van der Waals surface area contributed by atoms with Crippen molar-refractivity contribution in [2.24, 2.45) is 0 Å². The zero-order chi connectivity index (χ0) is 20.0. The van der Waals surface area contributed by atoms with Gasteiger partial charge in [-0.3, -0.25) is 9.69 Å². The molecule has 10 heteroatoms. The van der Waals surface area contributed by atoms with Crippen molar-refractivity contribution < 1.29 is 22.7 Å². The number of carbonyl (C=O) groups excluding carboxylic acids is 2. The molecule has 2 heterocycles. The van der Waals surface area contributed by atoms with Crippen molar-refractivity contribution in [2.45, 2.75) is 43.2 Å². The minimum atomic E-state index is -3.85. The maximum Gasteiger partial charge on any atom is 0.325 e. The lowest BCUT2D eigenvalue weighted by Gasteiger charge is -2.36. The first kappa shape index (κ1) is 19.9. The van der Waals surface area contributed by atoms with Gasteiger partial charge in [0.15, 0.2) is 0 Å². The van der Waals surface area contributed by atoms with Crippen LogP contribution < -0.4 is 10.1 Å². The zero-order valence-electron chi connectivity index (χ0n) is 15.4. The summed E-state index contributed by atoms with van der Waals surface area (Å²) in [5.41, 5.74) is -1.04. The zero-order valence-corrected chi connectivity index (χ0v) is 16.9. The fraction of sp³-hybridized carbons (Fsp3) is 0.529. The number of methoxy groups -OCH3 is 1. The number of hydrogen-bond donors (Lipinski definition) is 1. The predicted molar refractivity (Wildman–Crippen MR) is 99.2 cm³/mol. The van der Waals surface area contributed by atoms with Crippen LogP contribution in [0.25, 0.3) is 0 Å². The molecule has 1 aromatic carbocycles. The summed E-state index contributed by atoms with van der Waals surface area (Å²) >= 11 is 5.96. The topological polar surface area (TPSA) is 96.0 Å². The van der Waals surface area contributed by atoms with Crippen LogP contribution in [0.15, 0.2) is 23.1 Å². The summed E-state index contributed by atoms with van der Waals surface area (Å²) < 4.78 is 32.5. The molecule has 2 saturated heterocycles. The van der Waals surface area contributed by atoms with Crippen LogP contribution in [-0.2, 0) is 14.8 Å². The first-order valence-corrected chi connectivity index (χ1v) is 10.4. The molecule has 1 N–H and O–H groups in total. The molecule has 0 atom stereocenters. The molecule has 2 aliphatic rings. The standard InChI is InChI=1S/C17H22ClN3O5S/c1-11(2)21-15(22)17(19-16(21)23)6-8-20(9-7-17)27(24,25)14-10-12(18)4-5-13(14)26-3/h4-5,10-11H,6-9H2,1-3H3,(H,19,23). The highest BCUT2D eigenvalue weighted by atomic mass is 35.5. The average Bonchev–Trinajstić information content (AvgIpc) is 2.85. The molecule has 0 bridgehead atoms. The molecule has 0 saturated carbocycles. The lowest BCUT2D eigenvalue weighted by molar-refractivity contribution is -0.133. The maximum atomic E-state index is 13.0. The Morgan fingerprint density at radius 1 is 1.22 bits per heavy atom. The van der Waals surface area contributed by atoms with Gasteiger partial charge in [0.05, 0.1) is 7.11 Å². The van der Waals surface area contributed by atoms with Crippen LogP contribution in [-0.4, -0.2) is 61.3 Å². The van der Waals surface area contributed by atoms with Crippen molar-refractivity contribution in [2.75, 3.05) is 20.2 Å². The van der Waals surface area contributed by atoms with E-state index in [4.69, 9.17) is 16.3 Å². The number of piperidine rings is 1. The molecular formula is C17H22ClN3O5S. The van der Waals surface area contributed by atoms with Gasteiger partial charge in [-0.1, -0.05) is 11.6 Å². The summed E-state index contributed by atoms with van der Waals surface area (Å²) in [6, 6.07) is 3.72. The van der Waals surface area contributed by atoms with Crippen LogP contribution in [0, 0.1) is 0 Å². The molecular weight excluding hydrogens is 394 g/mol. The molecule has 2 aliphatic heterocycles. The van der Waals surface area contributed by atoms with Crippen molar-refractivity contribution in [3.8, 4) is 5.75 Å². The van der Waals surface area contributed by atoms with Gasteiger partial charge in [0.2, 0.25) is 10.0 Å². The fourth-order valence-corrected chi connectivity index (χ4v) is 5.41. The number of hydrogen-bond acceptors (Lipinski definition) is 5. The Bertz CT molecular complexity index is 879. The molecule has 3 amide bonds. The highest BCUT2D eigenvalue weighted by molar-refractivity contribution is 7.89. The Morgan fingerprint density at radius 3 is 2.37 bits per heavy atom. The third-order valence-electron chi connectivity index (χ3n) is 5.03. The molecule has 0 aliphatic carbocycles.